The highest BCUT2D eigenvalue weighted by Gasteiger charge is 2.51. The number of nitrogens with zero attached hydrogens (tertiary/aromatic N) is 1. The Balaban J connectivity index is 1.05. The zero-order valence-corrected chi connectivity index (χ0v) is 19.9. The quantitative estimate of drug-likeness (QED) is 0.533. The third-order valence-electron chi connectivity index (χ3n) is 8.04. The van der Waals surface area contributed by atoms with Gasteiger partial charge in [0, 0.05) is 30.2 Å². The van der Waals surface area contributed by atoms with Gasteiger partial charge in [0.1, 0.15) is 0 Å². The number of hydrogen-bond donors (Lipinski definition) is 3. The van der Waals surface area contributed by atoms with Crippen LogP contribution in [0.4, 0.5) is 15.3 Å². The number of urea groups is 2. The van der Waals surface area contributed by atoms with Gasteiger partial charge >= 0.3 is 12.1 Å². The van der Waals surface area contributed by atoms with E-state index in [1.807, 2.05) is 0 Å². The Morgan fingerprint density at radius 1 is 1.00 bits per heavy atom. The summed E-state index contributed by atoms with van der Waals surface area (Å²) in [5, 5.41) is 10.3. The Morgan fingerprint density at radius 2 is 1.62 bits per heavy atom. The van der Waals surface area contributed by atoms with Crippen LogP contribution in [0.15, 0.2) is 18.2 Å². The summed E-state index contributed by atoms with van der Waals surface area (Å²) in [5.74, 6) is 2.85. The highest BCUT2D eigenvalue weighted by Crippen LogP contribution is 2.55. The molecular formula is C24H32Cl2N4O2. The van der Waals surface area contributed by atoms with Crippen LogP contribution in [-0.2, 0) is 0 Å². The maximum Gasteiger partial charge on any atom is 0.321 e. The molecule has 174 valence electrons. The molecule has 4 amide bonds. The van der Waals surface area contributed by atoms with Gasteiger partial charge in [0.2, 0.25) is 0 Å². The first-order chi connectivity index (χ1) is 15.4. The number of piperidine rings is 1. The zero-order chi connectivity index (χ0) is 22.3. The van der Waals surface area contributed by atoms with Crippen molar-refractivity contribution >= 4 is 41.0 Å². The maximum absolute atomic E-state index is 12.7. The number of nitrogens with one attached hydrogen (secondary N) is 3. The summed E-state index contributed by atoms with van der Waals surface area (Å²) in [7, 11) is 0. The van der Waals surface area contributed by atoms with Gasteiger partial charge in [-0.15, -0.1) is 0 Å². The molecule has 0 radical (unpaired) electrons. The third-order valence-corrected chi connectivity index (χ3v) is 8.59. The molecule has 5 fully saturated rings. The number of carbonyl (C=O) groups is 2. The molecule has 3 N–H and O–H groups in total. The number of carbonyl (C=O) groups excluding carboxylic acids is 2. The average molecular weight is 479 g/mol. The molecule has 0 atom stereocenters. The van der Waals surface area contributed by atoms with Crippen molar-refractivity contribution in [3.8, 4) is 0 Å². The van der Waals surface area contributed by atoms with Crippen LogP contribution in [0.5, 0.6) is 0 Å². The molecule has 0 spiro atoms. The SMILES string of the molecule is O=C(NCC1CCN(C(=O)Nc2ccc(Cl)cc2Cl)CC1)NC12CC3CC(CC(C3)C1)C2. The van der Waals surface area contributed by atoms with Crippen LogP contribution < -0.4 is 16.0 Å². The average Bonchev–Trinajstić information content (AvgIpc) is 2.73. The number of halogens is 2. The molecule has 1 aromatic carbocycles. The van der Waals surface area contributed by atoms with Crippen molar-refractivity contribution in [3.63, 3.8) is 0 Å². The fourth-order valence-electron chi connectivity index (χ4n) is 6.91. The highest BCUT2D eigenvalue weighted by atomic mass is 35.5. The van der Waals surface area contributed by atoms with E-state index < -0.39 is 0 Å². The first-order valence-electron chi connectivity index (χ1n) is 11.9. The number of likely N-dealkylation sites (tertiary alicyclic amines) is 1. The van der Waals surface area contributed by atoms with Crippen molar-refractivity contribution in [2.75, 3.05) is 25.0 Å². The summed E-state index contributed by atoms with van der Waals surface area (Å²) in [6.07, 6.45) is 9.36. The van der Waals surface area contributed by atoms with Crippen molar-refractivity contribution in [1.82, 2.24) is 15.5 Å². The van der Waals surface area contributed by atoms with Gasteiger partial charge in [-0.3, -0.25) is 0 Å². The van der Waals surface area contributed by atoms with E-state index in [-0.39, 0.29) is 17.6 Å². The van der Waals surface area contributed by atoms with Gasteiger partial charge in [0.05, 0.1) is 10.7 Å². The zero-order valence-electron chi connectivity index (χ0n) is 18.3. The molecule has 0 unspecified atom stereocenters. The van der Waals surface area contributed by atoms with E-state index in [0.29, 0.717) is 41.3 Å². The predicted octanol–water partition coefficient (Wildman–Crippen LogP) is 5.51. The molecule has 0 aromatic heterocycles. The molecule has 4 aliphatic carbocycles. The lowest BCUT2D eigenvalue weighted by Gasteiger charge is -2.56. The van der Waals surface area contributed by atoms with Crippen molar-refractivity contribution in [2.24, 2.45) is 23.7 Å². The van der Waals surface area contributed by atoms with Crippen LogP contribution >= 0.6 is 23.2 Å². The second kappa shape index (κ2) is 8.94. The van der Waals surface area contributed by atoms with Crippen LogP contribution in [0, 0.1) is 23.7 Å². The standard InChI is InChI=1S/C24H32Cl2N4O2/c25-19-1-2-21(20(26)10-19)28-23(32)30-5-3-15(4-6-30)14-27-22(31)29-24-11-16-7-17(12-24)9-18(8-16)13-24/h1-2,10,15-18H,3-9,11-14H2,(H,28,32)(H2,27,29,31). The molecule has 5 aliphatic rings. The minimum Gasteiger partial charge on any atom is -0.338 e. The fraction of sp³-hybridized carbons (Fsp3) is 0.667. The van der Waals surface area contributed by atoms with Gasteiger partial charge < -0.3 is 20.9 Å². The summed E-state index contributed by atoms with van der Waals surface area (Å²) >= 11 is 12.1. The van der Waals surface area contributed by atoms with Gasteiger partial charge in [-0.05, 0) is 93.2 Å². The van der Waals surface area contributed by atoms with E-state index in [0.717, 1.165) is 30.6 Å². The second-order valence-corrected chi connectivity index (χ2v) is 11.4. The highest BCUT2D eigenvalue weighted by molar-refractivity contribution is 6.36. The number of benzene rings is 1. The maximum atomic E-state index is 12.7. The molecular weight excluding hydrogens is 447 g/mol. The minimum atomic E-state index is -0.153. The smallest absolute Gasteiger partial charge is 0.321 e. The van der Waals surface area contributed by atoms with Crippen LogP contribution in [0.1, 0.15) is 51.4 Å². The summed E-state index contributed by atoms with van der Waals surface area (Å²) in [6, 6.07) is 4.87. The lowest BCUT2D eigenvalue weighted by Crippen LogP contribution is -2.61. The fourth-order valence-corrected chi connectivity index (χ4v) is 7.37. The Kier molecular flexibility index (Phi) is 6.19. The lowest BCUT2D eigenvalue weighted by atomic mass is 9.53. The van der Waals surface area contributed by atoms with E-state index in [2.05, 4.69) is 16.0 Å². The van der Waals surface area contributed by atoms with Crippen molar-refractivity contribution in [3.05, 3.63) is 28.2 Å². The van der Waals surface area contributed by atoms with Gasteiger partial charge in [0.25, 0.3) is 0 Å². The molecule has 4 saturated carbocycles. The van der Waals surface area contributed by atoms with Crippen molar-refractivity contribution in [2.45, 2.75) is 56.9 Å². The first-order valence-corrected chi connectivity index (χ1v) is 12.7. The monoisotopic (exact) mass is 478 g/mol. The Morgan fingerprint density at radius 3 is 2.22 bits per heavy atom. The minimum absolute atomic E-state index is 0.00972. The number of rotatable bonds is 4. The van der Waals surface area contributed by atoms with E-state index in [4.69, 9.17) is 23.2 Å². The summed E-state index contributed by atoms with van der Waals surface area (Å²) in [5.41, 5.74) is 0.606. The van der Waals surface area contributed by atoms with Gasteiger partial charge in [-0.25, -0.2) is 9.59 Å². The second-order valence-electron chi connectivity index (χ2n) is 10.5. The number of anilines is 1. The largest absolute Gasteiger partial charge is 0.338 e. The van der Waals surface area contributed by atoms with Crippen LogP contribution in [0.25, 0.3) is 0 Å². The topological polar surface area (TPSA) is 73.5 Å². The molecule has 1 aliphatic heterocycles. The molecule has 6 nitrogen and oxygen atoms in total. The summed E-state index contributed by atoms with van der Waals surface area (Å²) in [6.45, 7) is 2.00. The molecule has 1 saturated heterocycles. The Bertz CT molecular complexity index is 849. The van der Waals surface area contributed by atoms with E-state index in [1.165, 1.54) is 38.5 Å². The van der Waals surface area contributed by atoms with E-state index in [1.54, 1.807) is 23.1 Å². The predicted molar refractivity (Wildman–Crippen MR) is 127 cm³/mol. The molecule has 1 heterocycles. The Hall–Kier alpha value is -1.66. The van der Waals surface area contributed by atoms with Gasteiger partial charge in [-0.2, -0.15) is 0 Å². The number of hydrogen-bond acceptors (Lipinski definition) is 2. The normalized spacial score (nSPS) is 31.4. The van der Waals surface area contributed by atoms with Crippen LogP contribution in [0.2, 0.25) is 10.0 Å². The molecule has 32 heavy (non-hydrogen) atoms. The lowest BCUT2D eigenvalue weighted by molar-refractivity contribution is -0.0135. The van der Waals surface area contributed by atoms with E-state index in [9.17, 15) is 9.59 Å². The number of amides is 4. The molecule has 8 heteroatoms. The molecule has 1 aromatic rings. The summed E-state index contributed by atoms with van der Waals surface area (Å²) in [4.78, 5) is 27.1. The van der Waals surface area contributed by atoms with Crippen molar-refractivity contribution < 1.29 is 9.59 Å². The Labute approximate surface area is 199 Å². The van der Waals surface area contributed by atoms with Crippen LogP contribution in [0.3, 0.4) is 0 Å². The van der Waals surface area contributed by atoms with Crippen molar-refractivity contribution in [1.29, 1.82) is 0 Å². The first kappa shape index (κ1) is 22.1. The van der Waals surface area contributed by atoms with Crippen LogP contribution in [-0.4, -0.2) is 42.1 Å². The summed E-state index contributed by atoms with van der Waals surface area (Å²) < 4.78 is 0. The van der Waals surface area contributed by atoms with E-state index >= 15 is 0 Å². The molecule has 6 rings (SSSR count). The van der Waals surface area contributed by atoms with Gasteiger partial charge in [0.15, 0.2) is 0 Å². The third kappa shape index (κ3) is 4.81. The molecule has 4 bridgehead atoms. The van der Waals surface area contributed by atoms with Gasteiger partial charge in [-0.1, -0.05) is 23.2 Å².